The summed E-state index contributed by atoms with van der Waals surface area (Å²) in [5.41, 5.74) is 1.34. The number of carbonyl (C=O) groups excluding carboxylic acids is 1. The molecule has 5 heteroatoms. The Kier molecular flexibility index (Phi) is 4.35. The van der Waals surface area contributed by atoms with Crippen molar-refractivity contribution in [2.45, 2.75) is 19.8 Å². The SMILES string of the molecule is CCOC(=O)C1CCCN(c2ccnc(C#N)c2)C1. The minimum Gasteiger partial charge on any atom is -0.466 e. The van der Waals surface area contributed by atoms with Gasteiger partial charge in [-0.3, -0.25) is 4.79 Å². The molecule has 1 aliphatic heterocycles. The van der Waals surface area contributed by atoms with Crippen molar-refractivity contribution in [3.05, 3.63) is 24.0 Å². The second-order valence-electron chi connectivity index (χ2n) is 4.55. The predicted molar refractivity (Wildman–Crippen MR) is 70.5 cm³/mol. The van der Waals surface area contributed by atoms with Gasteiger partial charge in [-0.15, -0.1) is 0 Å². The van der Waals surface area contributed by atoms with Crippen molar-refractivity contribution >= 4 is 11.7 Å². The van der Waals surface area contributed by atoms with Gasteiger partial charge in [0.1, 0.15) is 11.8 Å². The molecule has 1 aromatic heterocycles. The van der Waals surface area contributed by atoms with Gasteiger partial charge in [0, 0.05) is 25.0 Å². The first kappa shape index (κ1) is 13.3. The minimum absolute atomic E-state index is 0.0765. The summed E-state index contributed by atoms with van der Waals surface area (Å²) in [7, 11) is 0. The van der Waals surface area contributed by atoms with Crippen LogP contribution in [0.1, 0.15) is 25.5 Å². The summed E-state index contributed by atoms with van der Waals surface area (Å²) in [6, 6.07) is 5.66. The Morgan fingerprint density at radius 2 is 2.53 bits per heavy atom. The van der Waals surface area contributed by atoms with Gasteiger partial charge in [0.15, 0.2) is 0 Å². The number of esters is 1. The first-order chi connectivity index (χ1) is 9.24. The summed E-state index contributed by atoms with van der Waals surface area (Å²) in [6.45, 7) is 3.78. The third-order valence-corrected chi connectivity index (χ3v) is 3.26. The van der Waals surface area contributed by atoms with E-state index in [-0.39, 0.29) is 11.9 Å². The quantitative estimate of drug-likeness (QED) is 0.773. The van der Waals surface area contributed by atoms with Crippen LogP contribution in [-0.2, 0) is 9.53 Å². The van der Waals surface area contributed by atoms with Gasteiger partial charge in [-0.05, 0) is 31.9 Å². The highest BCUT2D eigenvalue weighted by atomic mass is 16.5. The molecule has 0 N–H and O–H groups in total. The third-order valence-electron chi connectivity index (χ3n) is 3.26. The molecule has 19 heavy (non-hydrogen) atoms. The lowest BCUT2D eigenvalue weighted by Crippen LogP contribution is -2.39. The molecule has 1 unspecified atom stereocenters. The monoisotopic (exact) mass is 259 g/mol. The molecule has 1 aliphatic rings. The van der Waals surface area contributed by atoms with Gasteiger partial charge in [0.05, 0.1) is 12.5 Å². The van der Waals surface area contributed by atoms with Gasteiger partial charge in [0.25, 0.3) is 0 Å². The number of hydrogen-bond donors (Lipinski definition) is 0. The lowest BCUT2D eigenvalue weighted by molar-refractivity contribution is -0.148. The van der Waals surface area contributed by atoms with Gasteiger partial charge in [-0.2, -0.15) is 5.26 Å². The highest BCUT2D eigenvalue weighted by Crippen LogP contribution is 2.24. The number of rotatable bonds is 3. The summed E-state index contributed by atoms with van der Waals surface area (Å²) >= 11 is 0. The van der Waals surface area contributed by atoms with Crippen molar-refractivity contribution in [3.8, 4) is 6.07 Å². The molecule has 0 aliphatic carbocycles. The van der Waals surface area contributed by atoms with Crippen LogP contribution < -0.4 is 4.90 Å². The summed E-state index contributed by atoms with van der Waals surface area (Å²) in [4.78, 5) is 17.9. The molecule has 0 amide bonds. The van der Waals surface area contributed by atoms with Gasteiger partial charge < -0.3 is 9.64 Å². The highest BCUT2D eigenvalue weighted by molar-refractivity contribution is 5.73. The molecular formula is C14H17N3O2. The Labute approximate surface area is 112 Å². The zero-order valence-corrected chi connectivity index (χ0v) is 11.0. The Morgan fingerprint density at radius 3 is 3.26 bits per heavy atom. The maximum Gasteiger partial charge on any atom is 0.310 e. The average molecular weight is 259 g/mol. The van der Waals surface area contributed by atoms with E-state index in [1.54, 1.807) is 12.3 Å². The van der Waals surface area contributed by atoms with E-state index < -0.39 is 0 Å². The lowest BCUT2D eigenvalue weighted by atomic mass is 9.98. The van der Waals surface area contributed by atoms with Gasteiger partial charge in [0.2, 0.25) is 0 Å². The van der Waals surface area contributed by atoms with Crippen LogP contribution in [0.4, 0.5) is 5.69 Å². The average Bonchev–Trinajstić information content (AvgIpc) is 2.48. The number of hydrogen-bond acceptors (Lipinski definition) is 5. The first-order valence-corrected chi connectivity index (χ1v) is 6.52. The number of nitriles is 1. The molecule has 1 fully saturated rings. The van der Waals surface area contributed by atoms with E-state index >= 15 is 0 Å². The van der Waals surface area contributed by atoms with Crippen LogP contribution in [0.3, 0.4) is 0 Å². The number of carbonyl (C=O) groups is 1. The Morgan fingerprint density at radius 1 is 1.68 bits per heavy atom. The number of ether oxygens (including phenoxy) is 1. The molecule has 100 valence electrons. The minimum atomic E-state index is -0.123. The largest absolute Gasteiger partial charge is 0.466 e. The molecule has 0 saturated carbocycles. The summed E-state index contributed by atoms with van der Waals surface area (Å²) in [5, 5.41) is 8.87. The van der Waals surface area contributed by atoms with Crippen molar-refractivity contribution in [1.82, 2.24) is 4.98 Å². The standard InChI is InChI=1S/C14H17N3O2/c1-2-19-14(18)11-4-3-7-17(10-11)13-5-6-16-12(8-13)9-15/h5-6,8,11H,2-4,7,10H2,1H3. The van der Waals surface area contributed by atoms with Crippen molar-refractivity contribution in [1.29, 1.82) is 5.26 Å². The summed E-state index contributed by atoms with van der Waals surface area (Å²) < 4.78 is 5.08. The van der Waals surface area contributed by atoms with Gasteiger partial charge >= 0.3 is 5.97 Å². The van der Waals surface area contributed by atoms with Crippen LogP contribution in [0.15, 0.2) is 18.3 Å². The molecule has 1 atom stereocenters. The molecule has 1 aromatic rings. The van der Waals surface area contributed by atoms with Gasteiger partial charge in [-0.1, -0.05) is 0 Å². The van der Waals surface area contributed by atoms with E-state index in [2.05, 4.69) is 9.88 Å². The van der Waals surface area contributed by atoms with Crippen LogP contribution >= 0.6 is 0 Å². The maximum atomic E-state index is 11.8. The van der Waals surface area contributed by atoms with E-state index in [0.717, 1.165) is 25.1 Å². The molecule has 0 aromatic carbocycles. The third kappa shape index (κ3) is 3.22. The van der Waals surface area contributed by atoms with E-state index in [4.69, 9.17) is 10.00 Å². The van der Waals surface area contributed by atoms with Crippen LogP contribution in [0.25, 0.3) is 0 Å². The van der Waals surface area contributed by atoms with Crippen molar-refractivity contribution < 1.29 is 9.53 Å². The molecule has 2 heterocycles. The second-order valence-corrected chi connectivity index (χ2v) is 4.55. The smallest absolute Gasteiger partial charge is 0.310 e. The van der Waals surface area contributed by atoms with Crippen LogP contribution in [-0.4, -0.2) is 30.6 Å². The fraction of sp³-hybridized carbons (Fsp3) is 0.500. The Balaban J connectivity index is 2.08. The molecule has 2 rings (SSSR count). The number of aromatic nitrogens is 1. The van der Waals surface area contributed by atoms with Crippen molar-refractivity contribution in [3.63, 3.8) is 0 Å². The zero-order chi connectivity index (χ0) is 13.7. The first-order valence-electron chi connectivity index (χ1n) is 6.52. The van der Waals surface area contributed by atoms with Crippen molar-refractivity contribution in [2.75, 3.05) is 24.6 Å². The zero-order valence-electron chi connectivity index (χ0n) is 11.0. The Hall–Kier alpha value is -2.09. The fourth-order valence-electron chi connectivity index (χ4n) is 2.34. The maximum absolute atomic E-state index is 11.8. The number of pyridine rings is 1. The van der Waals surface area contributed by atoms with Crippen molar-refractivity contribution in [2.24, 2.45) is 5.92 Å². The summed E-state index contributed by atoms with van der Waals surface area (Å²) in [5.74, 6) is -0.200. The Bertz CT molecular complexity index is 496. The normalized spacial score (nSPS) is 18.7. The van der Waals surface area contributed by atoms with E-state index in [1.165, 1.54) is 0 Å². The molecule has 0 radical (unpaired) electrons. The molecule has 5 nitrogen and oxygen atoms in total. The van der Waals surface area contributed by atoms with Crippen LogP contribution in [0, 0.1) is 17.2 Å². The van der Waals surface area contributed by atoms with Gasteiger partial charge in [-0.25, -0.2) is 4.98 Å². The number of piperidine rings is 1. The van der Waals surface area contributed by atoms with E-state index in [1.807, 2.05) is 19.1 Å². The number of nitrogens with zero attached hydrogens (tertiary/aromatic N) is 3. The fourth-order valence-corrected chi connectivity index (χ4v) is 2.34. The van der Waals surface area contributed by atoms with E-state index in [0.29, 0.717) is 18.8 Å². The summed E-state index contributed by atoms with van der Waals surface area (Å²) in [6.07, 6.45) is 3.45. The molecule has 0 bridgehead atoms. The lowest BCUT2D eigenvalue weighted by Gasteiger charge is -2.33. The number of anilines is 1. The van der Waals surface area contributed by atoms with E-state index in [9.17, 15) is 4.79 Å². The molecular weight excluding hydrogens is 242 g/mol. The topological polar surface area (TPSA) is 66.2 Å². The van der Waals surface area contributed by atoms with Crippen LogP contribution in [0.2, 0.25) is 0 Å². The van der Waals surface area contributed by atoms with Crippen LogP contribution in [0.5, 0.6) is 0 Å². The predicted octanol–water partition coefficient (Wildman–Crippen LogP) is 1.73. The second kappa shape index (κ2) is 6.19. The highest BCUT2D eigenvalue weighted by Gasteiger charge is 2.27. The molecule has 1 saturated heterocycles. The molecule has 0 spiro atoms.